The lowest BCUT2D eigenvalue weighted by molar-refractivity contribution is 0.627. The van der Waals surface area contributed by atoms with E-state index in [2.05, 4.69) is 92.1 Å². The monoisotopic (exact) mass is 378 g/mol. The number of hydrogen-bond donors (Lipinski definition) is 0. The summed E-state index contributed by atoms with van der Waals surface area (Å²) in [5.74, 6) is 0.999. The van der Waals surface area contributed by atoms with Crippen LogP contribution in [0.4, 0.5) is 17.2 Å². The molecule has 0 saturated carbocycles. The Morgan fingerprint density at radius 3 is 2.52 bits per heavy atom. The van der Waals surface area contributed by atoms with Crippen molar-refractivity contribution in [1.82, 2.24) is 4.98 Å². The van der Waals surface area contributed by atoms with Gasteiger partial charge in [0, 0.05) is 22.9 Å². The van der Waals surface area contributed by atoms with Crippen LogP contribution in [0, 0.1) is 0 Å². The van der Waals surface area contributed by atoms with Crippen LogP contribution >= 0.6 is 0 Å². The maximum atomic E-state index is 4.78. The summed E-state index contributed by atoms with van der Waals surface area (Å²) in [4.78, 5) is 7.05. The summed E-state index contributed by atoms with van der Waals surface area (Å²) in [6.07, 6.45) is 9.97. The van der Waals surface area contributed by atoms with Crippen molar-refractivity contribution < 1.29 is 0 Å². The molecule has 2 aromatic carbocycles. The van der Waals surface area contributed by atoms with E-state index in [4.69, 9.17) is 4.98 Å². The minimum atomic E-state index is -0.157. The van der Waals surface area contributed by atoms with Crippen LogP contribution in [0.2, 0.25) is 0 Å². The van der Waals surface area contributed by atoms with Gasteiger partial charge < -0.3 is 0 Å². The van der Waals surface area contributed by atoms with E-state index in [1.807, 2.05) is 31.3 Å². The van der Waals surface area contributed by atoms with E-state index in [-0.39, 0.29) is 5.41 Å². The number of para-hydroxylation sites is 1. The van der Waals surface area contributed by atoms with Crippen molar-refractivity contribution in [1.29, 1.82) is 0 Å². The molecule has 4 rings (SSSR count). The van der Waals surface area contributed by atoms with Gasteiger partial charge in [-0.3, -0.25) is 4.90 Å². The molecule has 0 fully saturated rings. The van der Waals surface area contributed by atoms with Gasteiger partial charge in [-0.15, -0.1) is 0 Å². The van der Waals surface area contributed by atoms with Gasteiger partial charge in [-0.2, -0.15) is 0 Å². The van der Waals surface area contributed by atoms with Crippen molar-refractivity contribution in [3.05, 3.63) is 114 Å². The van der Waals surface area contributed by atoms with Gasteiger partial charge in [0.05, 0.1) is 5.69 Å². The number of hydrogen-bond acceptors (Lipinski definition) is 2. The Morgan fingerprint density at radius 2 is 1.79 bits per heavy atom. The molecule has 0 saturated heterocycles. The maximum Gasteiger partial charge on any atom is 0.141 e. The summed E-state index contributed by atoms with van der Waals surface area (Å²) in [5, 5.41) is 0. The van der Waals surface area contributed by atoms with Gasteiger partial charge in [0.25, 0.3) is 0 Å². The first kappa shape index (κ1) is 18.9. The van der Waals surface area contributed by atoms with Crippen molar-refractivity contribution in [3.63, 3.8) is 0 Å². The average Bonchev–Trinajstić information content (AvgIpc) is 2.74. The zero-order valence-corrected chi connectivity index (χ0v) is 17.3. The second-order valence-electron chi connectivity index (χ2n) is 7.76. The molecular weight excluding hydrogens is 352 g/mol. The van der Waals surface area contributed by atoms with Crippen molar-refractivity contribution in [2.75, 3.05) is 4.90 Å². The molecular formula is C27H26N2. The van der Waals surface area contributed by atoms with Gasteiger partial charge in [-0.05, 0) is 54.0 Å². The Bertz CT molecular complexity index is 1100. The smallest absolute Gasteiger partial charge is 0.141 e. The topological polar surface area (TPSA) is 16.1 Å². The third kappa shape index (κ3) is 3.21. The van der Waals surface area contributed by atoms with Gasteiger partial charge in [0.1, 0.15) is 5.82 Å². The Labute approximate surface area is 173 Å². The summed E-state index contributed by atoms with van der Waals surface area (Å²) in [6.45, 7) is 10.5. The average molecular weight is 379 g/mol. The van der Waals surface area contributed by atoms with Gasteiger partial charge >= 0.3 is 0 Å². The first-order chi connectivity index (χ1) is 14.1. The molecule has 144 valence electrons. The number of nitrogens with zero attached hydrogens (tertiary/aromatic N) is 2. The predicted molar refractivity (Wildman–Crippen MR) is 124 cm³/mol. The lowest BCUT2D eigenvalue weighted by atomic mass is 9.74. The third-order valence-electron chi connectivity index (χ3n) is 5.57. The summed E-state index contributed by atoms with van der Waals surface area (Å²) < 4.78 is 0. The number of benzene rings is 2. The second-order valence-corrected chi connectivity index (χ2v) is 7.76. The SMILES string of the molecule is C=C/C=C(\C=C/C)c1ccc2c(c1)C(C)(C)c1cccnc1N2c1ccccc1. The molecule has 1 aromatic heterocycles. The van der Waals surface area contributed by atoms with Crippen molar-refractivity contribution >= 4 is 22.8 Å². The minimum absolute atomic E-state index is 0.157. The molecule has 0 amide bonds. The van der Waals surface area contributed by atoms with E-state index in [0.717, 1.165) is 17.1 Å². The van der Waals surface area contributed by atoms with Crippen LogP contribution in [-0.2, 0) is 5.41 Å². The first-order valence-electron chi connectivity index (χ1n) is 9.99. The molecule has 0 unspecified atom stereocenters. The van der Waals surface area contributed by atoms with Crippen molar-refractivity contribution in [2.24, 2.45) is 0 Å². The number of rotatable bonds is 4. The Balaban J connectivity index is 1.98. The van der Waals surface area contributed by atoms with Crippen LogP contribution in [0.15, 0.2) is 97.7 Å². The van der Waals surface area contributed by atoms with Crippen LogP contribution in [0.25, 0.3) is 5.57 Å². The molecule has 2 heteroatoms. The summed E-state index contributed by atoms with van der Waals surface area (Å²) in [7, 11) is 0. The Morgan fingerprint density at radius 1 is 1.00 bits per heavy atom. The fourth-order valence-electron chi connectivity index (χ4n) is 4.13. The lowest BCUT2D eigenvalue weighted by Crippen LogP contribution is -2.31. The highest BCUT2D eigenvalue weighted by Crippen LogP contribution is 2.51. The molecule has 1 aliphatic rings. The normalized spacial score (nSPS) is 15.1. The van der Waals surface area contributed by atoms with E-state index in [0.29, 0.717) is 0 Å². The molecule has 0 spiro atoms. The van der Waals surface area contributed by atoms with Crippen LogP contribution in [0.1, 0.15) is 37.5 Å². The molecule has 2 heterocycles. The molecule has 1 aliphatic heterocycles. The predicted octanol–water partition coefficient (Wildman–Crippen LogP) is 7.34. The quantitative estimate of drug-likeness (QED) is 0.442. The highest BCUT2D eigenvalue weighted by molar-refractivity contribution is 5.86. The summed E-state index contributed by atoms with van der Waals surface area (Å²) in [5.41, 5.74) is 7.00. The maximum absolute atomic E-state index is 4.78. The van der Waals surface area contributed by atoms with Gasteiger partial charge in [0.15, 0.2) is 0 Å². The Hall–Kier alpha value is -3.39. The number of fused-ring (bicyclic) bond motifs is 2. The number of anilines is 3. The van der Waals surface area contributed by atoms with Gasteiger partial charge in [-0.25, -0.2) is 4.98 Å². The molecule has 0 bridgehead atoms. The first-order valence-corrected chi connectivity index (χ1v) is 9.99. The van der Waals surface area contributed by atoms with Crippen LogP contribution in [-0.4, -0.2) is 4.98 Å². The number of pyridine rings is 1. The third-order valence-corrected chi connectivity index (χ3v) is 5.57. The molecule has 2 nitrogen and oxygen atoms in total. The second kappa shape index (κ2) is 7.56. The summed E-state index contributed by atoms with van der Waals surface area (Å²) >= 11 is 0. The van der Waals surface area contributed by atoms with Gasteiger partial charge in [0.2, 0.25) is 0 Å². The number of aromatic nitrogens is 1. The van der Waals surface area contributed by atoms with Crippen molar-refractivity contribution in [3.8, 4) is 0 Å². The van der Waals surface area contributed by atoms with E-state index in [1.54, 1.807) is 0 Å². The lowest BCUT2D eigenvalue weighted by Gasteiger charge is -2.41. The van der Waals surface area contributed by atoms with Crippen LogP contribution in [0.5, 0.6) is 0 Å². The van der Waals surface area contributed by atoms with Crippen LogP contribution in [0.3, 0.4) is 0 Å². The molecule has 3 aromatic rings. The summed E-state index contributed by atoms with van der Waals surface area (Å²) in [6, 6.07) is 21.4. The minimum Gasteiger partial charge on any atom is -0.294 e. The largest absolute Gasteiger partial charge is 0.294 e. The molecule has 29 heavy (non-hydrogen) atoms. The number of allylic oxidation sites excluding steroid dienone is 5. The van der Waals surface area contributed by atoms with Crippen LogP contribution < -0.4 is 4.90 Å². The Kier molecular flexibility index (Phi) is 4.94. The standard InChI is InChI=1S/C27H26N2/c1-5-11-20(12-6-2)21-16-17-25-24(19-21)27(3,4)23-15-10-18-28-26(23)29(25)22-13-8-7-9-14-22/h5-19H,1H2,2-4H3/b12-6-,20-11+. The van der Waals surface area contributed by atoms with Gasteiger partial charge in [-0.1, -0.05) is 75.1 Å². The van der Waals surface area contributed by atoms with E-state index >= 15 is 0 Å². The molecule has 0 aliphatic carbocycles. The fourth-order valence-corrected chi connectivity index (χ4v) is 4.13. The molecule has 0 N–H and O–H groups in total. The highest BCUT2D eigenvalue weighted by Gasteiger charge is 2.37. The molecule has 0 atom stereocenters. The highest BCUT2D eigenvalue weighted by atomic mass is 15.2. The fraction of sp³-hybridized carbons (Fsp3) is 0.148. The van der Waals surface area contributed by atoms with E-state index in [1.165, 1.54) is 22.4 Å². The zero-order valence-electron chi connectivity index (χ0n) is 17.3. The zero-order chi connectivity index (χ0) is 20.4. The van der Waals surface area contributed by atoms with E-state index in [9.17, 15) is 0 Å². The van der Waals surface area contributed by atoms with Crippen molar-refractivity contribution in [2.45, 2.75) is 26.2 Å². The molecule has 0 radical (unpaired) electrons. The van der Waals surface area contributed by atoms with E-state index < -0.39 is 0 Å².